The van der Waals surface area contributed by atoms with Crippen LogP contribution in [0.1, 0.15) is 29.8 Å². The topological polar surface area (TPSA) is 98.0 Å². The van der Waals surface area contributed by atoms with Crippen molar-refractivity contribution in [2.24, 2.45) is 5.84 Å². The molecule has 104 valence electrons. The molecule has 8 heteroatoms. The Bertz CT molecular complexity index is 709. The molecule has 0 aromatic carbocycles. The van der Waals surface area contributed by atoms with Crippen molar-refractivity contribution in [3.05, 3.63) is 16.8 Å². The van der Waals surface area contributed by atoms with Crippen molar-refractivity contribution in [3.8, 4) is 0 Å². The maximum Gasteiger partial charge on any atom is 0.157 e. The third kappa shape index (κ3) is 2.70. The third-order valence-electron chi connectivity index (χ3n) is 2.95. The molecule has 0 aliphatic carbocycles. The fraction of sp³-hybridized carbons (Fsp3) is 0.455. The predicted molar refractivity (Wildman–Crippen MR) is 77.9 cm³/mol. The molecule has 0 radical (unpaired) electrons. The Balaban J connectivity index is 2.65. The summed E-state index contributed by atoms with van der Waals surface area (Å²) in [6.45, 7) is 3.62. The minimum Gasteiger partial charge on any atom is -0.308 e. The van der Waals surface area contributed by atoms with Gasteiger partial charge in [-0.15, -0.1) is 11.3 Å². The molecule has 0 amide bonds. The van der Waals surface area contributed by atoms with Crippen LogP contribution >= 0.6 is 11.3 Å². The van der Waals surface area contributed by atoms with Gasteiger partial charge in [-0.05, 0) is 19.4 Å². The molecule has 2 heterocycles. The van der Waals surface area contributed by atoms with E-state index in [1.165, 1.54) is 17.6 Å². The summed E-state index contributed by atoms with van der Waals surface area (Å²) >= 11 is 1.53. The van der Waals surface area contributed by atoms with Crippen molar-refractivity contribution in [2.75, 3.05) is 11.7 Å². The van der Waals surface area contributed by atoms with Crippen molar-refractivity contribution in [3.63, 3.8) is 0 Å². The van der Waals surface area contributed by atoms with E-state index in [4.69, 9.17) is 5.84 Å². The van der Waals surface area contributed by atoms with Crippen molar-refractivity contribution in [1.82, 2.24) is 9.97 Å². The van der Waals surface area contributed by atoms with Gasteiger partial charge >= 0.3 is 0 Å². The highest BCUT2D eigenvalue weighted by Crippen LogP contribution is 2.31. The molecule has 3 N–H and O–H groups in total. The van der Waals surface area contributed by atoms with Crippen LogP contribution < -0.4 is 11.3 Å². The highest BCUT2D eigenvalue weighted by Gasteiger charge is 2.22. The number of rotatable bonds is 4. The standard InChI is InChI=1S/C11H16N4O2S2/c1-4-7-5-8-10(15-12)13-9(14-11(8)18-7)6(2)19(3,16)17/h5-6H,4,12H2,1-3H3,(H,13,14,15). The lowest BCUT2D eigenvalue weighted by atomic mass is 10.3. The number of hydrazine groups is 1. The Morgan fingerprint density at radius 2 is 2.16 bits per heavy atom. The van der Waals surface area contributed by atoms with E-state index in [0.29, 0.717) is 5.82 Å². The van der Waals surface area contributed by atoms with Crippen LogP contribution in [0.4, 0.5) is 5.82 Å². The van der Waals surface area contributed by atoms with Crippen LogP contribution in [0.2, 0.25) is 0 Å². The summed E-state index contributed by atoms with van der Waals surface area (Å²) in [5.74, 6) is 6.19. The number of nitrogens with one attached hydrogen (secondary N) is 1. The second kappa shape index (κ2) is 5.03. The first-order valence-corrected chi connectivity index (χ1v) is 8.59. The van der Waals surface area contributed by atoms with E-state index in [9.17, 15) is 8.42 Å². The molecule has 1 atom stereocenters. The van der Waals surface area contributed by atoms with E-state index in [1.807, 2.05) is 13.0 Å². The number of nitrogen functional groups attached to an aromatic ring is 1. The summed E-state index contributed by atoms with van der Waals surface area (Å²) in [5, 5.41) is 0.0741. The number of hydrogen-bond acceptors (Lipinski definition) is 7. The molecular weight excluding hydrogens is 284 g/mol. The summed E-state index contributed by atoms with van der Waals surface area (Å²) in [5.41, 5.74) is 2.51. The van der Waals surface area contributed by atoms with Crippen LogP contribution in [-0.4, -0.2) is 24.6 Å². The zero-order valence-electron chi connectivity index (χ0n) is 11.0. The Hall–Kier alpha value is -1.25. The van der Waals surface area contributed by atoms with E-state index in [-0.39, 0.29) is 5.82 Å². The molecule has 0 bridgehead atoms. The quantitative estimate of drug-likeness (QED) is 0.658. The van der Waals surface area contributed by atoms with Crippen LogP contribution in [0, 0.1) is 0 Å². The highest BCUT2D eigenvalue weighted by molar-refractivity contribution is 7.90. The van der Waals surface area contributed by atoms with Crippen molar-refractivity contribution in [2.45, 2.75) is 25.5 Å². The van der Waals surface area contributed by atoms with Crippen molar-refractivity contribution in [1.29, 1.82) is 0 Å². The Labute approximate surface area is 116 Å². The van der Waals surface area contributed by atoms with Gasteiger partial charge < -0.3 is 5.43 Å². The molecule has 0 saturated heterocycles. The number of anilines is 1. The van der Waals surface area contributed by atoms with Gasteiger partial charge in [-0.3, -0.25) is 0 Å². The van der Waals surface area contributed by atoms with Gasteiger partial charge in [0.1, 0.15) is 15.9 Å². The van der Waals surface area contributed by atoms with Crippen LogP contribution in [-0.2, 0) is 16.3 Å². The molecule has 2 rings (SSSR count). The van der Waals surface area contributed by atoms with E-state index in [0.717, 1.165) is 21.5 Å². The van der Waals surface area contributed by atoms with Gasteiger partial charge in [0.2, 0.25) is 0 Å². The minimum atomic E-state index is -3.24. The Morgan fingerprint density at radius 3 is 2.68 bits per heavy atom. The van der Waals surface area contributed by atoms with E-state index >= 15 is 0 Å². The van der Waals surface area contributed by atoms with Crippen LogP contribution in [0.15, 0.2) is 6.07 Å². The minimum absolute atomic E-state index is 0.271. The Morgan fingerprint density at radius 1 is 1.47 bits per heavy atom. The number of aryl methyl sites for hydroxylation is 1. The van der Waals surface area contributed by atoms with Gasteiger partial charge in [-0.1, -0.05) is 6.92 Å². The molecular formula is C11H16N4O2S2. The first-order chi connectivity index (χ1) is 8.86. The van der Waals surface area contributed by atoms with Crippen LogP contribution in [0.3, 0.4) is 0 Å². The number of fused-ring (bicyclic) bond motifs is 1. The van der Waals surface area contributed by atoms with E-state index in [2.05, 4.69) is 15.4 Å². The van der Waals surface area contributed by atoms with Gasteiger partial charge in [0, 0.05) is 11.1 Å². The van der Waals surface area contributed by atoms with Crippen LogP contribution in [0.25, 0.3) is 10.2 Å². The van der Waals surface area contributed by atoms with Gasteiger partial charge in [-0.2, -0.15) is 0 Å². The molecule has 0 fully saturated rings. The van der Waals surface area contributed by atoms with Gasteiger partial charge in [0.05, 0.1) is 5.39 Å². The normalized spacial score (nSPS) is 13.7. The smallest absolute Gasteiger partial charge is 0.157 e. The van der Waals surface area contributed by atoms with Crippen molar-refractivity contribution >= 4 is 37.2 Å². The van der Waals surface area contributed by atoms with Gasteiger partial charge in [-0.25, -0.2) is 24.2 Å². The maximum absolute atomic E-state index is 11.6. The zero-order valence-corrected chi connectivity index (χ0v) is 12.6. The number of nitrogens with two attached hydrogens (primary N) is 1. The van der Waals surface area contributed by atoms with Crippen molar-refractivity contribution < 1.29 is 8.42 Å². The molecule has 19 heavy (non-hydrogen) atoms. The highest BCUT2D eigenvalue weighted by atomic mass is 32.2. The molecule has 2 aromatic rings. The predicted octanol–water partition coefficient (Wildman–Crippen LogP) is 1.64. The second-order valence-electron chi connectivity index (χ2n) is 4.33. The molecule has 0 saturated carbocycles. The molecule has 6 nitrogen and oxygen atoms in total. The number of aromatic nitrogens is 2. The molecule has 1 unspecified atom stereocenters. The number of nitrogens with zero attached hydrogens (tertiary/aromatic N) is 2. The molecule has 0 spiro atoms. The first-order valence-electron chi connectivity index (χ1n) is 5.82. The number of thiophene rings is 1. The third-order valence-corrected chi connectivity index (χ3v) is 5.62. The fourth-order valence-electron chi connectivity index (χ4n) is 1.65. The fourth-order valence-corrected chi connectivity index (χ4v) is 3.11. The summed E-state index contributed by atoms with van der Waals surface area (Å²) in [4.78, 5) is 10.5. The zero-order chi connectivity index (χ0) is 14.2. The largest absolute Gasteiger partial charge is 0.308 e. The molecule has 2 aromatic heterocycles. The number of sulfone groups is 1. The van der Waals surface area contributed by atoms with Gasteiger partial charge in [0.25, 0.3) is 0 Å². The van der Waals surface area contributed by atoms with E-state index in [1.54, 1.807) is 6.92 Å². The average molecular weight is 300 g/mol. The summed E-state index contributed by atoms with van der Waals surface area (Å²) < 4.78 is 23.2. The monoisotopic (exact) mass is 300 g/mol. The van der Waals surface area contributed by atoms with Gasteiger partial charge in [0.15, 0.2) is 15.7 Å². The lowest BCUT2D eigenvalue weighted by Gasteiger charge is -2.10. The lowest BCUT2D eigenvalue weighted by Crippen LogP contribution is -2.15. The first kappa shape index (κ1) is 14.2. The van der Waals surface area contributed by atoms with E-state index < -0.39 is 15.1 Å². The second-order valence-corrected chi connectivity index (χ2v) is 7.81. The summed E-state index contributed by atoms with van der Waals surface area (Å²) in [6.07, 6.45) is 2.06. The van der Waals surface area contributed by atoms with Crippen LogP contribution in [0.5, 0.6) is 0 Å². The molecule has 0 aliphatic heterocycles. The number of hydrogen-bond donors (Lipinski definition) is 2. The maximum atomic E-state index is 11.6. The lowest BCUT2D eigenvalue weighted by molar-refractivity contribution is 0.589. The Kier molecular flexibility index (Phi) is 3.75. The summed E-state index contributed by atoms with van der Waals surface area (Å²) in [7, 11) is -3.24. The summed E-state index contributed by atoms with van der Waals surface area (Å²) in [6, 6.07) is 1.98. The SMILES string of the molecule is CCc1cc2c(NN)nc(C(C)S(C)(=O)=O)nc2s1. The molecule has 0 aliphatic rings. The average Bonchev–Trinajstić information content (AvgIpc) is 2.78.